The Labute approximate surface area is 63.8 Å². The van der Waals surface area contributed by atoms with Gasteiger partial charge < -0.3 is 4.98 Å². The molecular formula is C9H7NO. The minimum Gasteiger partial charge on any atom is -0.361 e. The van der Waals surface area contributed by atoms with Gasteiger partial charge in [-0.25, -0.2) is 0 Å². The number of pyridine rings is 1. The van der Waals surface area contributed by atoms with Crippen molar-refractivity contribution in [3.63, 3.8) is 0 Å². The van der Waals surface area contributed by atoms with E-state index in [-0.39, 0.29) is 5.43 Å². The Morgan fingerprint density at radius 3 is 2.82 bits per heavy atom. The van der Waals surface area contributed by atoms with E-state index in [1.54, 1.807) is 12.1 Å². The molecule has 0 aromatic heterocycles. The zero-order valence-corrected chi connectivity index (χ0v) is 5.87. The second-order valence-corrected chi connectivity index (χ2v) is 2.39. The Hall–Kier alpha value is -1.57. The van der Waals surface area contributed by atoms with Gasteiger partial charge in [0.25, 0.3) is 0 Å². The Kier molecular flexibility index (Phi) is 1.25. The van der Waals surface area contributed by atoms with Crippen molar-refractivity contribution < 1.29 is 0 Å². The smallest absolute Gasteiger partial charge is 0.187 e. The molecule has 2 aliphatic rings. The molecule has 1 N–H and O–H groups in total. The normalized spacial score (nSPS) is 10.2. The minimum atomic E-state index is 0.0688. The molecule has 0 aromatic carbocycles. The number of rotatable bonds is 0. The third-order valence-electron chi connectivity index (χ3n) is 1.66. The SMILES string of the molecule is O=c1cccc2[nH]cccc1-2. The van der Waals surface area contributed by atoms with Gasteiger partial charge in [-0.05, 0) is 24.3 Å². The number of fused-ring (bicyclic) bond motifs is 1. The van der Waals surface area contributed by atoms with E-state index in [9.17, 15) is 4.79 Å². The van der Waals surface area contributed by atoms with Gasteiger partial charge in [0.1, 0.15) is 0 Å². The lowest BCUT2D eigenvalue weighted by Crippen LogP contribution is -2.03. The van der Waals surface area contributed by atoms with Crippen molar-refractivity contribution in [2.24, 2.45) is 0 Å². The summed E-state index contributed by atoms with van der Waals surface area (Å²) in [7, 11) is 0. The number of benzene rings is 1. The fourth-order valence-electron chi connectivity index (χ4n) is 1.12. The van der Waals surface area contributed by atoms with Gasteiger partial charge in [0, 0.05) is 17.5 Å². The Balaban J connectivity index is 2.90. The highest BCUT2D eigenvalue weighted by Crippen LogP contribution is 2.11. The first-order valence-corrected chi connectivity index (χ1v) is 3.44. The van der Waals surface area contributed by atoms with E-state index in [1.165, 1.54) is 0 Å². The van der Waals surface area contributed by atoms with Gasteiger partial charge in [-0.15, -0.1) is 0 Å². The first-order chi connectivity index (χ1) is 5.38. The first kappa shape index (κ1) is 6.16. The monoisotopic (exact) mass is 145 g/mol. The molecule has 0 fully saturated rings. The fourth-order valence-corrected chi connectivity index (χ4v) is 1.12. The largest absolute Gasteiger partial charge is 0.361 e. The lowest BCUT2D eigenvalue weighted by atomic mass is 10.1. The standard InChI is InChI=1S/C9H7NO/c11-9-5-1-4-8-7(9)3-2-6-10-8/h1-6,10H. The second kappa shape index (κ2) is 2.23. The number of hydrogen-bond acceptors (Lipinski definition) is 1. The molecule has 2 rings (SSSR count). The van der Waals surface area contributed by atoms with Crippen molar-refractivity contribution >= 4 is 0 Å². The molecule has 1 aliphatic carbocycles. The summed E-state index contributed by atoms with van der Waals surface area (Å²) < 4.78 is 0. The van der Waals surface area contributed by atoms with Crippen LogP contribution >= 0.6 is 0 Å². The Morgan fingerprint density at radius 1 is 1.09 bits per heavy atom. The summed E-state index contributed by atoms with van der Waals surface area (Å²) in [5.74, 6) is 0. The molecule has 2 nitrogen and oxygen atoms in total. The van der Waals surface area contributed by atoms with Crippen LogP contribution in [0.2, 0.25) is 0 Å². The molecule has 0 unspecified atom stereocenters. The van der Waals surface area contributed by atoms with Crippen LogP contribution in [-0.2, 0) is 0 Å². The zero-order chi connectivity index (χ0) is 7.68. The van der Waals surface area contributed by atoms with Crippen LogP contribution in [0.4, 0.5) is 0 Å². The van der Waals surface area contributed by atoms with E-state index in [1.807, 2.05) is 24.4 Å². The lowest BCUT2D eigenvalue weighted by molar-refractivity contribution is 1.30. The van der Waals surface area contributed by atoms with E-state index >= 15 is 0 Å². The summed E-state index contributed by atoms with van der Waals surface area (Å²) in [6, 6.07) is 8.84. The van der Waals surface area contributed by atoms with Crippen molar-refractivity contribution in [3.05, 3.63) is 46.8 Å². The highest BCUT2D eigenvalue weighted by Gasteiger charge is 2.01. The van der Waals surface area contributed by atoms with Gasteiger partial charge in [0.2, 0.25) is 0 Å². The maximum absolute atomic E-state index is 11.2. The fraction of sp³-hybridized carbons (Fsp3) is 0. The number of nitrogens with one attached hydrogen (secondary N) is 1. The summed E-state index contributed by atoms with van der Waals surface area (Å²) in [5.41, 5.74) is 1.70. The summed E-state index contributed by atoms with van der Waals surface area (Å²) in [6.07, 6.45) is 1.81. The molecular weight excluding hydrogens is 138 g/mol. The summed E-state index contributed by atoms with van der Waals surface area (Å²) in [5, 5.41) is 0. The number of hydrogen-bond donors (Lipinski definition) is 1. The van der Waals surface area contributed by atoms with E-state index in [0.29, 0.717) is 0 Å². The molecule has 54 valence electrons. The predicted molar refractivity (Wildman–Crippen MR) is 43.7 cm³/mol. The molecule has 0 radical (unpaired) electrons. The summed E-state index contributed by atoms with van der Waals surface area (Å²) in [6.45, 7) is 0. The number of aromatic nitrogens is 1. The van der Waals surface area contributed by atoms with Crippen LogP contribution in [-0.4, -0.2) is 4.98 Å². The average Bonchev–Trinajstić information content (AvgIpc) is 2.06. The van der Waals surface area contributed by atoms with Crippen molar-refractivity contribution in [1.29, 1.82) is 0 Å². The van der Waals surface area contributed by atoms with Crippen molar-refractivity contribution in [2.75, 3.05) is 0 Å². The molecule has 0 aromatic rings. The van der Waals surface area contributed by atoms with Crippen LogP contribution in [0.25, 0.3) is 11.3 Å². The number of H-pyrrole nitrogens is 1. The van der Waals surface area contributed by atoms with Gasteiger partial charge in [-0.2, -0.15) is 0 Å². The third-order valence-corrected chi connectivity index (χ3v) is 1.66. The van der Waals surface area contributed by atoms with Crippen molar-refractivity contribution in [2.45, 2.75) is 0 Å². The maximum Gasteiger partial charge on any atom is 0.187 e. The van der Waals surface area contributed by atoms with Crippen molar-refractivity contribution in [1.82, 2.24) is 4.98 Å². The highest BCUT2D eigenvalue weighted by molar-refractivity contribution is 5.59. The molecule has 1 aliphatic heterocycles. The quantitative estimate of drug-likeness (QED) is 0.598. The van der Waals surface area contributed by atoms with Crippen molar-refractivity contribution in [3.8, 4) is 11.3 Å². The van der Waals surface area contributed by atoms with E-state index < -0.39 is 0 Å². The molecule has 11 heavy (non-hydrogen) atoms. The summed E-state index contributed by atoms with van der Waals surface area (Å²) in [4.78, 5) is 14.2. The Morgan fingerprint density at radius 2 is 2.00 bits per heavy atom. The van der Waals surface area contributed by atoms with Crippen LogP contribution in [0.1, 0.15) is 0 Å². The van der Waals surface area contributed by atoms with Crippen LogP contribution in [0.15, 0.2) is 41.3 Å². The Bertz CT molecular complexity index is 391. The van der Waals surface area contributed by atoms with Gasteiger partial charge in [-0.1, -0.05) is 6.07 Å². The third kappa shape index (κ3) is 0.923. The minimum absolute atomic E-state index is 0.0688. The molecule has 0 atom stereocenters. The highest BCUT2D eigenvalue weighted by atomic mass is 16.1. The molecule has 0 saturated heterocycles. The molecule has 0 spiro atoms. The van der Waals surface area contributed by atoms with Crippen LogP contribution in [0.5, 0.6) is 0 Å². The topological polar surface area (TPSA) is 32.9 Å². The van der Waals surface area contributed by atoms with Crippen LogP contribution < -0.4 is 5.43 Å². The molecule has 2 heteroatoms. The maximum atomic E-state index is 11.2. The summed E-state index contributed by atoms with van der Waals surface area (Å²) >= 11 is 0. The number of aromatic amines is 1. The van der Waals surface area contributed by atoms with Gasteiger partial charge in [-0.3, -0.25) is 4.79 Å². The molecule has 0 saturated carbocycles. The predicted octanol–water partition coefficient (Wildman–Crippen LogP) is 1.48. The van der Waals surface area contributed by atoms with Gasteiger partial charge in [0.15, 0.2) is 5.43 Å². The second-order valence-electron chi connectivity index (χ2n) is 2.39. The lowest BCUT2D eigenvalue weighted by Gasteiger charge is -2.00. The van der Waals surface area contributed by atoms with Gasteiger partial charge >= 0.3 is 0 Å². The zero-order valence-electron chi connectivity index (χ0n) is 5.87. The van der Waals surface area contributed by atoms with Crippen LogP contribution in [0.3, 0.4) is 0 Å². The average molecular weight is 145 g/mol. The van der Waals surface area contributed by atoms with E-state index in [4.69, 9.17) is 0 Å². The molecule has 0 amide bonds. The van der Waals surface area contributed by atoms with Crippen LogP contribution in [0, 0.1) is 0 Å². The molecule has 0 bridgehead atoms. The van der Waals surface area contributed by atoms with E-state index in [0.717, 1.165) is 11.3 Å². The van der Waals surface area contributed by atoms with E-state index in [2.05, 4.69) is 4.98 Å². The van der Waals surface area contributed by atoms with Gasteiger partial charge in [0.05, 0.1) is 0 Å². The molecule has 1 heterocycles. The first-order valence-electron chi connectivity index (χ1n) is 3.44.